The molecule has 0 unspecified atom stereocenters. The molecule has 0 atom stereocenters. The van der Waals surface area contributed by atoms with Crippen LogP contribution in [0.4, 0.5) is 0 Å². The van der Waals surface area contributed by atoms with Gasteiger partial charge in [-0.2, -0.15) is 0 Å². The molecule has 1 aromatic rings. The minimum absolute atomic E-state index is 0.126. The number of phenols is 1. The number of rotatable bonds is 13. The molecule has 1 N–H and O–H groups in total. The summed E-state index contributed by atoms with van der Waals surface area (Å²) in [6, 6.07) is 4.17. The van der Waals surface area contributed by atoms with Crippen molar-refractivity contribution in [1.82, 2.24) is 0 Å². The maximum Gasteiger partial charge on any atom is 0.315 e. The summed E-state index contributed by atoms with van der Waals surface area (Å²) in [7, 11) is 0. The second-order valence-corrected chi connectivity index (χ2v) is 11.7. The van der Waals surface area contributed by atoms with Crippen molar-refractivity contribution in [2.45, 2.75) is 116 Å². The van der Waals surface area contributed by atoms with Crippen LogP contribution in [-0.4, -0.2) is 23.4 Å². The fourth-order valence-electron chi connectivity index (χ4n) is 3.64. The van der Waals surface area contributed by atoms with Crippen molar-refractivity contribution in [2.75, 3.05) is 12.4 Å². The largest absolute Gasteiger partial charge is 0.507 e. The number of hydrogen-bond acceptors (Lipinski definition) is 4. The summed E-state index contributed by atoms with van der Waals surface area (Å²) in [6.45, 7) is 15.5. The van der Waals surface area contributed by atoms with Gasteiger partial charge in [0.1, 0.15) is 5.75 Å². The lowest BCUT2D eigenvalue weighted by Gasteiger charge is -2.28. The van der Waals surface area contributed by atoms with E-state index in [4.69, 9.17) is 4.74 Å². The van der Waals surface area contributed by atoms with Crippen LogP contribution in [0.1, 0.15) is 117 Å². The Bertz CT molecular complexity index is 633. The van der Waals surface area contributed by atoms with Crippen LogP contribution in [0, 0.1) is 0 Å². The smallest absolute Gasteiger partial charge is 0.315 e. The first-order valence-corrected chi connectivity index (χ1v) is 13.2. The van der Waals surface area contributed by atoms with Gasteiger partial charge in [-0.15, -0.1) is 11.8 Å². The van der Waals surface area contributed by atoms with Gasteiger partial charge in [-0.1, -0.05) is 106 Å². The lowest BCUT2D eigenvalue weighted by molar-refractivity contribution is -0.140. The third-order valence-electron chi connectivity index (χ3n) is 5.54. The highest BCUT2D eigenvalue weighted by atomic mass is 32.2. The Balaban J connectivity index is 2.44. The molecule has 0 saturated heterocycles. The van der Waals surface area contributed by atoms with Crippen LogP contribution in [0.3, 0.4) is 0 Å². The maximum atomic E-state index is 12.1. The minimum Gasteiger partial charge on any atom is -0.507 e. The van der Waals surface area contributed by atoms with E-state index >= 15 is 0 Å². The van der Waals surface area contributed by atoms with Gasteiger partial charge in [-0.25, -0.2) is 0 Å². The van der Waals surface area contributed by atoms with Gasteiger partial charge in [-0.3, -0.25) is 4.79 Å². The number of esters is 1. The molecule has 0 amide bonds. The summed E-state index contributed by atoms with van der Waals surface area (Å²) in [5, 5.41) is 10.8. The molecule has 0 radical (unpaired) electrons. The third-order valence-corrected chi connectivity index (χ3v) is 6.51. The fourth-order valence-corrected chi connectivity index (χ4v) is 4.39. The number of aromatic hydroxyl groups is 1. The summed E-state index contributed by atoms with van der Waals surface area (Å²) in [5.74, 6) is 1.38. The molecule has 0 aliphatic heterocycles. The Labute approximate surface area is 195 Å². The summed E-state index contributed by atoms with van der Waals surface area (Å²) in [5.41, 5.74) is 2.80. The number of carbonyl (C=O) groups excluding carboxylic acids is 1. The summed E-state index contributed by atoms with van der Waals surface area (Å²) < 4.78 is 5.40. The molecule has 3 nitrogen and oxygen atoms in total. The Morgan fingerprint density at radius 2 is 1.35 bits per heavy atom. The first-order chi connectivity index (χ1) is 14.5. The molecule has 0 aromatic heterocycles. The van der Waals surface area contributed by atoms with Crippen molar-refractivity contribution in [1.29, 1.82) is 0 Å². The molecule has 0 bridgehead atoms. The lowest BCUT2D eigenvalue weighted by atomic mass is 9.78. The van der Waals surface area contributed by atoms with Crippen molar-refractivity contribution in [3.8, 4) is 5.75 Å². The first-order valence-electron chi connectivity index (χ1n) is 12.1. The van der Waals surface area contributed by atoms with Crippen molar-refractivity contribution in [3.63, 3.8) is 0 Å². The molecule has 178 valence electrons. The van der Waals surface area contributed by atoms with Crippen LogP contribution in [-0.2, 0) is 26.1 Å². The number of unbranched alkanes of at least 4 members (excludes halogenated alkanes) is 7. The second-order valence-electron chi connectivity index (χ2n) is 10.7. The average Bonchev–Trinajstić information content (AvgIpc) is 2.66. The van der Waals surface area contributed by atoms with Crippen molar-refractivity contribution < 1.29 is 14.6 Å². The molecule has 1 rings (SSSR count). The average molecular weight is 451 g/mol. The molecule has 0 fully saturated rings. The van der Waals surface area contributed by atoms with E-state index < -0.39 is 0 Å². The zero-order chi connectivity index (χ0) is 23.5. The van der Waals surface area contributed by atoms with Crippen LogP contribution in [0.25, 0.3) is 0 Å². The predicted octanol–water partition coefficient (Wildman–Crippen LogP) is 7.90. The van der Waals surface area contributed by atoms with Crippen LogP contribution in [0.5, 0.6) is 5.75 Å². The van der Waals surface area contributed by atoms with Crippen LogP contribution in [0.2, 0.25) is 0 Å². The van der Waals surface area contributed by atoms with Gasteiger partial charge in [0.2, 0.25) is 0 Å². The molecule has 4 heteroatoms. The number of carbonyl (C=O) groups is 1. The van der Waals surface area contributed by atoms with Gasteiger partial charge in [0.25, 0.3) is 0 Å². The molecule has 0 heterocycles. The summed E-state index contributed by atoms with van der Waals surface area (Å²) in [6.07, 6.45) is 9.95. The summed E-state index contributed by atoms with van der Waals surface area (Å²) >= 11 is 1.58. The fraction of sp³-hybridized carbons (Fsp3) is 0.741. The molecule has 0 spiro atoms. The highest BCUT2D eigenvalue weighted by Gasteiger charge is 2.26. The lowest BCUT2D eigenvalue weighted by Crippen LogP contribution is -2.18. The van der Waals surface area contributed by atoms with Crippen LogP contribution < -0.4 is 0 Å². The Kier molecular flexibility index (Phi) is 12.1. The minimum atomic E-state index is -0.139. The monoisotopic (exact) mass is 450 g/mol. The third kappa shape index (κ3) is 10.8. The second kappa shape index (κ2) is 13.4. The number of thioether (sulfide) groups is 1. The van der Waals surface area contributed by atoms with E-state index in [-0.39, 0.29) is 16.8 Å². The number of phenolic OH excluding ortho intramolecular Hbond substituents is 1. The van der Waals surface area contributed by atoms with Gasteiger partial charge >= 0.3 is 5.97 Å². The topological polar surface area (TPSA) is 46.5 Å². The molecule has 1 aromatic carbocycles. The van der Waals surface area contributed by atoms with Gasteiger partial charge in [0.05, 0.1) is 12.4 Å². The zero-order valence-electron chi connectivity index (χ0n) is 21.1. The van der Waals surface area contributed by atoms with Crippen LogP contribution in [0.15, 0.2) is 12.1 Å². The van der Waals surface area contributed by atoms with Gasteiger partial charge in [-0.05, 0) is 33.9 Å². The van der Waals surface area contributed by atoms with E-state index in [9.17, 15) is 9.90 Å². The Morgan fingerprint density at radius 3 is 1.84 bits per heavy atom. The summed E-state index contributed by atoms with van der Waals surface area (Å²) in [4.78, 5) is 12.1. The standard InChI is InChI=1S/C27H46O3S/c1-8-9-10-11-12-13-14-15-16-30-24(28)20-31-19-21-17-22(26(2,3)4)25(29)23(18-21)27(5,6)7/h17-18,29H,8-16,19-20H2,1-7H3. The van der Waals surface area contributed by atoms with E-state index in [1.54, 1.807) is 11.8 Å². The zero-order valence-corrected chi connectivity index (χ0v) is 21.9. The number of benzene rings is 1. The van der Waals surface area contributed by atoms with Crippen molar-refractivity contribution >= 4 is 17.7 Å². The number of ether oxygens (including phenoxy) is 1. The number of hydrogen-bond donors (Lipinski definition) is 1. The van der Waals surface area contributed by atoms with Crippen molar-refractivity contribution in [2.24, 2.45) is 0 Å². The van der Waals surface area contributed by atoms with Gasteiger partial charge in [0.15, 0.2) is 0 Å². The highest BCUT2D eigenvalue weighted by molar-refractivity contribution is 7.99. The van der Waals surface area contributed by atoms with E-state index in [2.05, 4.69) is 60.6 Å². The normalized spacial score (nSPS) is 12.2. The molecule has 0 saturated carbocycles. The van der Waals surface area contributed by atoms with E-state index in [0.717, 1.165) is 35.3 Å². The van der Waals surface area contributed by atoms with Gasteiger partial charge in [0, 0.05) is 5.75 Å². The van der Waals surface area contributed by atoms with E-state index in [0.29, 0.717) is 18.1 Å². The molecule has 31 heavy (non-hydrogen) atoms. The van der Waals surface area contributed by atoms with Crippen molar-refractivity contribution in [3.05, 3.63) is 28.8 Å². The SMILES string of the molecule is CCCCCCCCCCOC(=O)CSCc1cc(C(C)(C)C)c(O)c(C(C)(C)C)c1. The molecular formula is C27H46O3S. The first kappa shape index (κ1) is 27.9. The highest BCUT2D eigenvalue weighted by Crippen LogP contribution is 2.40. The van der Waals surface area contributed by atoms with E-state index in [1.165, 1.54) is 38.5 Å². The quantitative estimate of drug-likeness (QED) is 0.245. The van der Waals surface area contributed by atoms with E-state index in [1.807, 2.05) is 0 Å². The predicted molar refractivity (Wildman–Crippen MR) is 135 cm³/mol. The van der Waals surface area contributed by atoms with Crippen LogP contribution >= 0.6 is 11.8 Å². The molecular weight excluding hydrogens is 404 g/mol. The molecule has 0 aliphatic rings. The molecule has 0 aliphatic carbocycles. The Hall–Kier alpha value is -1.16. The van der Waals surface area contributed by atoms with Gasteiger partial charge < -0.3 is 9.84 Å². The Morgan fingerprint density at radius 1 is 0.871 bits per heavy atom. The maximum absolute atomic E-state index is 12.1.